The minimum Gasteiger partial charge on any atom is -0.382 e. The molecule has 7 heteroatoms. The van der Waals surface area contributed by atoms with E-state index in [0.29, 0.717) is 33.2 Å². The van der Waals surface area contributed by atoms with Gasteiger partial charge in [0, 0.05) is 53.0 Å². The molecule has 0 bridgehead atoms. The van der Waals surface area contributed by atoms with Crippen LogP contribution >= 0.6 is 0 Å². The minimum absolute atomic E-state index is 0.0724. The van der Waals surface area contributed by atoms with E-state index in [9.17, 15) is 9.90 Å². The maximum absolute atomic E-state index is 12.3. The van der Waals surface area contributed by atoms with Crippen molar-refractivity contribution in [3.05, 3.63) is 48.3 Å². The zero-order valence-electron chi connectivity index (χ0n) is 17.2. The molecule has 0 saturated carbocycles. The first-order valence-electron chi connectivity index (χ1n) is 9.73. The van der Waals surface area contributed by atoms with Crippen molar-refractivity contribution in [1.29, 1.82) is 0 Å². The van der Waals surface area contributed by atoms with Gasteiger partial charge >= 0.3 is 0 Å². The van der Waals surface area contributed by atoms with Crippen LogP contribution in [-0.2, 0) is 4.79 Å². The lowest BCUT2D eigenvalue weighted by molar-refractivity contribution is -0.137. The summed E-state index contributed by atoms with van der Waals surface area (Å²) in [5.74, 6) is 5.12. The molecule has 0 unspecified atom stereocenters. The first-order valence-corrected chi connectivity index (χ1v) is 8.23. The summed E-state index contributed by atoms with van der Waals surface area (Å²) in [6, 6.07) is 8.72. The van der Waals surface area contributed by atoms with Gasteiger partial charge in [-0.3, -0.25) is 4.79 Å². The summed E-state index contributed by atoms with van der Waals surface area (Å²) >= 11 is 0. The van der Waals surface area contributed by atoms with Crippen molar-refractivity contribution in [2.24, 2.45) is 0 Å². The van der Waals surface area contributed by atoms with E-state index in [4.69, 9.17) is 9.85 Å². The lowest BCUT2D eigenvalue weighted by atomic mass is 10.0. The normalized spacial score (nSPS) is 21.3. The second kappa shape index (κ2) is 6.34. The van der Waals surface area contributed by atoms with Crippen LogP contribution in [0.4, 0.5) is 5.82 Å². The van der Waals surface area contributed by atoms with Gasteiger partial charge in [0.25, 0.3) is 5.91 Å². The summed E-state index contributed by atoms with van der Waals surface area (Å²) in [4.78, 5) is 25.8. The summed E-state index contributed by atoms with van der Waals surface area (Å²) in [6.45, 7) is -2.69. The van der Waals surface area contributed by atoms with Crippen molar-refractivity contribution < 1.29 is 14.0 Å². The van der Waals surface area contributed by atoms with Crippen molar-refractivity contribution in [3.63, 3.8) is 0 Å². The fraction of sp³-hybridized carbons (Fsp3) is 0.200. The number of nitrogens with zero attached hydrogens (tertiary/aromatic N) is 4. The number of likely N-dealkylation sites (tertiary alicyclic amines) is 1. The van der Waals surface area contributed by atoms with Crippen molar-refractivity contribution >= 4 is 22.6 Å². The number of carbonyl (C=O) groups excluding carboxylic acids is 1. The van der Waals surface area contributed by atoms with E-state index < -0.39 is 18.5 Å². The van der Waals surface area contributed by atoms with Crippen LogP contribution in [0.25, 0.3) is 22.3 Å². The summed E-state index contributed by atoms with van der Waals surface area (Å²) in [7, 11) is 0. The summed E-state index contributed by atoms with van der Waals surface area (Å²) in [6.07, 6.45) is 3.16. The number of amides is 1. The molecule has 1 aliphatic rings. The lowest BCUT2D eigenvalue weighted by Gasteiger charge is -2.13. The van der Waals surface area contributed by atoms with E-state index in [1.807, 2.05) is 0 Å². The highest BCUT2D eigenvalue weighted by atomic mass is 16.3. The molecule has 1 amide bonds. The van der Waals surface area contributed by atoms with Gasteiger partial charge in [-0.15, -0.1) is 0 Å². The Kier molecular flexibility index (Phi) is 3.21. The van der Waals surface area contributed by atoms with E-state index in [1.54, 1.807) is 42.7 Å². The Hall–Kier alpha value is -3.50. The molecule has 0 spiro atoms. The number of pyridine rings is 1. The van der Waals surface area contributed by atoms with Crippen LogP contribution in [0, 0.1) is 11.8 Å². The van der Waals surface area contributed by atoms with Gasteiger partial charge in [0.15, 0.2) is 5.82 Å². The second-order valence-electron chi connectivity index (χ2n) is 6.23. The molecular weight excluding hydrogens is 342 g/mol. The number of fused-ring (bicyclic) bond motifs is 1. The van der Waals surface area contributed by atoms with Crippen LogP contribution < -0.4 is 5.73 Å². The summed E-state index contributed by atoms with van der Waals surface area (Å²) in [5.41, 5.74) is 5.59. The van der Waals surface area contributed by atoms with Crippen LogP contribution in [-0.4, -0.2) is 50.0 Å². The Balaban J connectivity index is 1.65. The van der Waals surface area contributed by atoms with Gasteiger partial charge in [0.05, 0.1) is 0 Å². The number of likely N-dealkylation sites (N-methyl/N-ethyl adjacent to an activating group) is 1. The largest absolute Gasteiger partial charge is 0.382 e. The maximum Gasteiger partial charge on any atom is 0.267 e. The molecule has 3 aromatic rings. The molecule has 3 heterocycles. The standard InChI is InChI=1S/C20H17N5O2/c1-25-10-8-20(27,19(25)26)7-5-13-3-2-4-14(11-13)18-23-12-15-6-9-22-17(21)16(15)24-18/h2-4,6,9,11-12,27H,8,10H2,1H3,(H2,21,22)/t20-/m1/s1/i1D3. The van der Waals surface area contributed by atoms with Crippen molar-refractivity contribution in [1.82, 2.24) is 19.9 Å². The molecular formula is C20H17N5O2. The van der Waals surface area contributed by atoms with E-state index in [2.05, 4.69) is 26.8 Å². The first kappa shape index (κ1) is 13.7. The Bertz CT molecular complexity index is 1220. The molecule has 4 rings (SSSR count). The zero-order valence-corrected chi connectivity index (χ0v) is 14.2. The molecule has 3 N–H and O–H groups in total. The number of anilines is 1. The SMILES string of the molecule is [2H]C([2H])([2H])N1CC[C@](O)(C#Cc2cccc(-c3ncc4ccnc(N)c4n3)c2)C1=O. The Morgan fingerprint density at radius 3 is 3.07 bits per heavy atom. The number of nitrogen functional groups attached to an aromatic ring is 1. The van der Waals surface area contributed by atoms with Gasteiger partial charge < -0.3 is 15.7 Å². The summed E-state index contributed by atoms with van der Waals surface area (Å²) < 4.78 is 22.1. The van der Waals surface area contributed by atoms with Gasteiger partial charge in [-0.2, -0.15) is 0 Å². The molecule has 0 aliphatic carbocycles. The molecule has 1 aromatic carbocycles. The maximum atomic E-state index is 12.3. The van der Waals surface area contributed by atoms with Gasteiger partial charge in [0.2, 0.25) is 5.60 Å². The first-order chi connectivity index (χ1) is 14.2. The zero-order chi connectivity index (χ0) is 21.5. The topological polar surface area (TPSA) is 105 Å². The molecule has 1 fully saturated rings. The number of nitrogens with two attached hydrogens (primary N) is 1. The monoisotopic (exact) mass is 362 g/mol. The molecule has 134 valence electrons. The van der Waals surface area contributed by atoms with E-state index in [-0.39, 0.29) is 13.0 Å². The van der Waals surface area contributed by atoms with Crippen LogP contribution in [0.2, 0.25) is 0 Å². The fourth-order valence-electron chi connectivity index (χ4n) is 2.85. The Morgan fingerprint density at radius 1 is 1.37 bits per heavy atom. The van der Waals surface area contributed by atoms with E-state index in [1.165, 1.54) is 0 Å². The fourth-order valence-corrected chi connectivity index (χ4v) is 2.85. The number of benzene rings is 1. The number of aromatic nitrogens is 3. The lowest BCUT2D eigenvalue weighted by Crippen LogP contribution is -2.37. The smallest absolute Gasteiger partial charge is 0.267 e. The second-order valence-corrected chi connectivity index (χ2v) is 6.23. The predicted octanol–water partition coefficient (Wildman–Crippen LogP) is 1.22. The highest BCUT2D eigenvalue weighted by molar-refractivity contribution is 5.90. The van der Waals surface area contributed by atoms with Crippen molar-refractivity contribution in [2.45, 2.75) is 12.0 Å². The van der Waals surface area contributed by atoms with E-state index >= 15 is 0 Å². The van der Waals surface area contributed by atoms with E-state index in [0.717, 1.165) is 5.39 Å². The third-order valence-corrected chi connectivity index (χ3v) is 4.36. The van der Waals surface area contributed by atoms with Crippen LogP contribution in [0.5, 0.6) is 0 Å². The number of hydrogen-bond acceptors (Lipinski definition) is 6. The highest BCUT2D eigenvalue weighted by Crippen LogP contribution is 2.23. The van der Waals surface area contributed by atoms with Crippen molar-refractivity contribution in [2.75, 3.05) is 19.3 Å². The minimum atomic E-state index is -2.60. The average molecular weight is 362 g/mol. The highest BCUT2D eigenvalue weighted by Gasteiger charge is 2.42. The Morgan fingerprint density at radius 2 is 2.26 bits per heavy atom. The van der Waals surface area contributed by atoms with Gasteiger partial charge in [-0.25, -0.2) is 15.0 Å². The number of aliphatic hydroxyl groups is 1. The molecule has 1 saturated heterocycles. The predicted molar refractivity (Wildman–Crippen MR) is 101 cm³/mol. The van der Waals surface area contributed by atoms with Crippen LogP contribution in [0.3, 0.4) is 0 Å². The molecule has 1 aliphatic heterocycles. The molecule has 7 nitrogen and oxygen atoms in total. The molecule has 1 atom stereocenters. The summed E-state index contributed by atoms with van der Waals surface area (Å²) in [5, 5.41) is 11.3. The number of carbonyl (C=O) groups is 1. The Labute approximate surface area is 160 Å². The average Bonchev–Trinajstić information content (AvgIpc) is 3.02. The van der Waals surface area contributed by atoms with Crippen LogP contribution in [0.1, 0.15) is 16.1 Å². The number of rotatable bonds is 1. The number of hydrogen-bond donors (Lipinski definition) is 2. The third kappa shape index (κ3) is 3.07. The van der Waals surface area contributed by atoms with Gasteiger partial charge in [-0.05, 0) is 18.2 Å². The molecule has 2 aromatic heterocycles. The third-order valence-electron chi connectivity index (χ3n) is 4.36. The quantitative estimate of drug-likeness (QED) is 0.631. The van der Waals surface area contributed by atoms with Crippen molar-refractivity contribution in [3.8, 4) is 23.2 Å². The van der Waals surface area contributed by atoms with Crippen LogP contribution in [0.15, 0.2) is 42.7 Å². The molecule has 27 heavy (non-hydrogen) atoms. The van der Waals surface area contributed by atoms with Gasteiger partial charge in [-0.1, -0.05) is 24.0 Å². The van der Waals surface area contributed by atoms with Gasteiger partial charge in [0.1, 0.15) is 11.3 Å². The molecule has 0 radical (unpaired) electrons.